The van der Waals surface area contributed by atoms with Crippen molar-refractivity contribution < 1.29 is 4.74 Å². The van der Waals surface area contributed by atoms with E-state index in [1.807, 2.05) is 30.7 Å². The fourth-order valence-electron chi connectivity index (χ4n) is 4.34. The largest absolute Gasteiger partial charge is 0.493 e. The Kier molecular flexibility index (Phi) is 9.13. The van der Waals surface area contributed by atoms with Gasteiger partial charge < -0.3 is 19.9 Å². The lowest BCUT2D eigenvalue weighted by atomic mass is 10.0. The number of hydrogen-bond donors (Lipinski definition) is 2. The van der Waals surface area contributed by atoms with E-state index in [0.29, 0.717) is 19.2 Å². The maximum Gasteiger partial charge on any atom is 0.192 e. The number of rotatable bonds is 6. The van der Waals surface area contributed by atoms with Gasteiger partial charge in [0.25, 0.3) is 0 Å². The molecule has 4 rings (SSSR count). The molecule has 0 radical (unpaired) electrons. The van der Waals surface area contributed by atoms with Gasteiger partial charge in [0.15, 0.2) is 11.8 Å². The zero-order valence-electron chi connectivity index (χ0n) is 19.9. The highest BCUT2D eigenvalue weighted by atomic mass is 127. The molecule has 33 heavy (non-hydrogen) atoms. The third-order valence-electron chi connectivity index (χ3n) is 6.25. The molecule has 180 valence electrons. The molecule has 1 atom stereocenters. The predicted octanol–water partition coefficient (Wildman–Crippen LogP) is 3.34. The molecule has 2 aromatic rings. The average Bonchev–Trinajstić information content (AvgIpc) is 3.11. The first-order valence-corrected chi connectivity index (χ1v) is 11.5. The smallest absolute Gasteiger partial charge is 0.192 e. The van der Waals surface area contributed by atoms with Crippen LogP contribution < -0.4 is 15.4 Å². The van der Waals surface area contributed by atoms with E-state index < -0.39 is 0 Å². The van der Waals surface area contributed by atoms with E-state index in [1.165, 1.54) is 11.1 Å². The Balaban J connectivity index is 0.00000306. The lowest BCUT2D eigenvalue weighted by molar-refractivity contribution is 0.220. The summed E-state index contributed by atoms with van der Waals surface area (Å²) < 4.78 is 7.83. The predicted molar refractivity (Wildman–Crippen MR) is 142 cm³/mol. The van der Waals surface area contributed by atoms with Crippen LogP contribution in [-0.4, -0.2) is 57.9 Å². The number of halogens is 1. The van der Waals surface area contributed by atoms with E-state index in [-0.39, 0.29) is 30.0 Å². The highest BCUT2D eigenvalue weighted by molar-refractivity contribution is 14.0. The number of para-hydroxylation sites is 1. The lowest BCUT2D eigenvalue weighted by Crippen LogP contribution is -2.50. The van der Waals surface area contributed by atoms with Crippen molar-refractivity contribution in [3.63, 3.8) is 0 Å². The fourth-order valence-corrected chi connectivity index (χ4v) is 4.34. The van der Waals surface area contributed by atoms with Gasteiger partial charge in [0, 0.05) is 44.7 Å². The summed E-state index contributed by atoms with van der Waals surface area (Å²) in [4.78, 5) is 7.37. The molecule has 8 nitrogen and oxygen atoms in total. The molecule has 0 spiro atoms. The zero-order valence-corrected chi connectivity index (χ0v) is 22.2. The number of nitrogens with zero attached hydrogens (tertiary/aromatic N) is 5. The molecular formula is C24H36IN7O. The molecule has 0 bridgehead atoms. The van der Waals surface area contributed by atoms with Crippen molar-refractivity contribution in [2.45, 2.75) is 51.7 Å². The van der Waals surface area contributed by atoms with Crippen molar-refractivity contribution in [1.29, 1.82) is 0 Å². The SMILES string of the molecule is C=C(C)CN1CCC(NC(=NCc2nnc(C)n2C)NC2CCOc3ccccc32)CC1.I. The van der Waals surface area contributed by atoms with Crippen LogP contribution in [0.1, 0.15) is 49.4 Å². The van der Waals surface area contributed by atoms with Crippen molar-refractivity contribution >= 4 is 29.9 Å². The van der Waals surface area contributed by atoms with Crippen LogP contribution in [-0.2, 0) is 13.6 Å². The van der Waals surface area contributed by atoms with Crippen LogP contribution in [0, 0.1) is 6.92 Å². The van der Waals surface area contributed by atoms with Gasteiger partial charge in [-0.15, -0.1) is 34.2 Å². The number of piperidine rings is 1. The quantitative estimate of drug-likeness (QED) is 0.242. The van der Waals surface area contributed by atoms with Crippen molar-refractivity contribution in [3.05, 3.63) is 53.6 Å². The Bertz CT molecular complexity index is 965. The second-order valence-electron chi connectivity index (χ2n) is 8.91. The summed E-state index contributed by atoms with van der Waals surface area (Å²) >= 11 is 0. The normalized spacial score (nSPS) is 19.2. The summed E-state index contributed by atoms with van der Waals surface area (Å²) in [7, 11) is 1.98. The van der Waals surface area contributed by atoms with Crippen LogP contribution in [0.15, 0.2) is 41.4 Å². The molecule has 2 N–H and O–H groups in total. The first-order chi connectivity index (χ1) is 15.5. The first kappa shape index (κ1) is 25.5. The van der Waals surface area contributed by atoms with Gasteiger partial charge in [-0.05, 0) is 32.8 Å². The molecule has 1 fully saturated rings. The fraction of sp³-hybridized carbons (Fsp3) is 0.542. The summed E-state index contributed by atoms with van der Waals surface area (Å²) in [6.07, 6.45) is 3.07. The zero-order chi connectivity index (χ0) is 22.5. The van der Waals surface area contributed by atoms with Gasteiger partial charge in [-0.2, -0.15) is 0 Å². The number of aryl methyl sites for hydroxylation is 1. The standard InChI is InChI=1S/C24H35N7O.HI/c1-17(2)16-31-12-9-19(10-13-31)26-24(25-15-23-29-28-18(3)30(23)4)27-21-11-14-32-22-8-6-5-7-20(21)22;/h5-8,19,21H,1,9-16H2,2-4H3,(H2,25,26,27);1H. The maximum atomic E-state index is 5.84. The minimum Gasteiger partial charge on any atom is -0.493 e. The van der Waals surface area contributed by atoms with Gasteiger partial charge in [0.05, 0.1) is 12.6 Å². The highest BCUT2D eigenvalue weighted by Gasteiger charge is 2.24. The molecule has 1 unspecified atom stereocenters. The molecule has 2 aliphatic rings. The van der Waals surface area contributed by atoms with Gasteiger partial charge in [-0.3, -0.25) is 4.90 Å². The maximum absolute atomic E-state index is 5.84. The number of aliphatic imine (C=N–C) groups is 1. The van der Waals surface area contributed by atoms with E-state index in [9.17, 15) is 0 Å². The van der Waals surface area contributed by atoms with Gasteiger partial charge in [0.1, 0.15) is 18.1 Å². The Labute approximate surface area is 213 Å². The Morgan fingerprint density at radius 3 is 2.64 bits per heavy atom. The second-order valence-corrected chi connectivity index (χ2v) is 8.91. The van der Waals surface area contributed by atoms with Crippen LogP contribution in [0.5, 0.6) is 5.75 Å². The van der Waals surface area contributed by atoms with Gasteiger partial charge in [-0.25, -0.2) is 4.99 Å². The molecule has 2 aliphatic heterocycles. The third-order valence-corrected chi connectivity index (χ3v) is 6.25. The van der Waals surface area contributed by atoms with Crippen molar-refractivity contribution in [1.82, 2.24) is 30.3 Å². The van der Waals surface area contributed by atoms with Gasteiger partial charge >= 0.3 is 0 Å². The van der Waals surface area contributed by atoms with Crippen LogP contribution in [0.3, 0.4) is 0 Å². The van der Waals surface area contributed by atoms with E-state index in [4.69, 9.17) is 9.73 Å². The monoisotopic (exact) mass is 565 g/mol. The van der Waals surface area contributed by atoms with Crippen LogP contribution in [0.4, 0.5) is 0 Å². The second kappa shape index (κ2) is 11.8. The summed E-state index contributed by atoms with van der Waals surface area (Å²) in [5, 5.41) is 15.8. The summed E-state index contributed by atoms with van der Waals surface area (Å²) in [5.41, 5.74) is 2.40. The van der Waals surface area contributed by atoms with E-state index in [1.54, 1.807) is 0 Å². The number of likely N-dealkylation sites (tertiary alicyclic amines) is 1. The topological polar surface area (TPSA) is 79.6 Å². The molecule has 1 aromatic carbocycles. The number of fused-ring (bicyclic) bond motifs is 1. The van der Waals surface area contributed by atoms with E-state index >= 15 is 0 Å². The minimum absolute atomic E-state index is 0. The van der Waals surface area contributed by atoms with E-state index in [2.05, 4.69) is 51.4 Å². The van der Waals surface area contributed by atoms with Crippen LogP contribution in [0.2, 0.25) is 0 Å². The van der Waals surface area contributed by atoms with E-state index in [0.717, 1.165) is 62.3 Å². The number of benzene rings is 1. The van der Waals surface area contributed by atoms with Gasteiger partial charge in [-0.1, -0.05) is 30.4 Å². The summed E-state index contributed by atoms with van der Waals surface area (Å²) in [6.45, 7) is 12.4. The number of ether oxygens (including phenoxy) is 1. The van der Waals surface area contributed by atoms with Crippen LogP contribution in [0.25, 0.3) is 0 Å². The highest BCUT2D eigenvalue weighted by Crippen LogP contribution is 2.31. The first-order valence-electron chi connectivity index (χ1n) is 11.5. The van der Waals surface area contributed by atoms with Crippen LogP contribution >= 0.6 is 24.0 Å². The number of nitrogens with one attached hydrogen (secondary N) is 2. The molecule has 1 saturated heterocycles. The summed E-state index contributed by atoms with van der Waals surface area (Å²) in [5.74, 6) is 3.52. The number of aromatic nitrogens is 3. The molecular weight excluding hydrogens is 529 g/mol. The number of guanidine groups is 1. The lowest BCUT2D eigenvalue weighted by Gasteiger charge is -2.34. The minimum atomic E-state index is 0. The third kappa shape index (κ3) is 6.69. The number of hydrogen-bond acceptors (Lipinski definition) is 5. The van der Waals surface area contributed by atoms with Gasteiger partial charge in [0.2, 0.25) is 0 Å². The molecule has 0 amide bonds. The molecule has 3 heterocycles. The Morgan fingerprint density at radius 1 is 1.18 bits per heavy atom. The van der Waals surface area contributed by atoms with Crippen molar-refractivity contribution in [3.8, 4) is 5.75 Å². The molecule has 0 aliphatic carbocycles. The summed E-state index contributed by atoms with van der Waals surface area (Å²) in [6, 6.07) is 8.80. The molecule has 0 saturated carbocycles. The Morgan fingerprint density at radius 2 is 1.94 bits per heavy atom. The average molecular weight is 566 g/mol. The van der Waals surface area contributed by atoms with Crippen molar-refractivity contribution in [2.75, 3.05) is 26.2 Å². The molecule has 9 heteroatoms. The Hall–Kier alpha value is -2.14. The van der Waals surface area contributed by atoms with Crippen molar-refractivity contribution in [2.24, 2.45) is 12.0 Å². The molecule has 1 aromatic heterocycles.